The van der Waals surface area contributed by atoms with Crippen molar-refractivity contribution in [3.05, 3.63) is 70.7 Å². The Hall–Kier alpha value is -2.86. The van der Waals surface area contributed by atoms with Crippen LogP contribution in [0.15, 0.2) is 69.6 Å². The van der Waals surface area contributed by atoms with Crippen LogP contribution in [-0.4, -0.2) is 10.2 Å². The Morgan fingerprint density at radius 3 is 2.64 bits per heavy atom. The van der Waals surface area contributed by atoms with E-state index in [2.05, 4.69) is 50.4 Å². The molecule has 0 amide bonds. The molecule has 0 spiro atoms. The Morgan fingerprint density at radius 2 is 1.84 bits per heavy atom. The first-order valence-corrected chi connectivity index (χ1v) is 8.48. The monoisotopic (exact) mass is 395 g/mol. The lowest BCUT2D eigenvalue weighted by Crippen LogP contribution is -1.97. The predicted octanol–water partition coefficient (Wildman–Crippen LogP) is 4.81. The van der Waals surface area contributed by atoms with Crippen LogP contribution < -0.4 is 10.5 Å². The number of nitrogens with zero attached hydrogens (tertiary/aromatic N) is 2. The van der Waals surface area contributed by atoms with E-state index in [4.69, 9.17) is 14.9 Å². The lowest BCUT2D eigenvalue weighted by molar-refractivity contribution is 0.306. The van der Waals surface area contributed by atoms with Crippen molar-refractivity contribution in [2.75, 3.05) is 5.73 Å². The summed E-state index contributed by atoms with van der Waals surface area (Å²) in [6, 6.07) is 20.1. The number of nitrogens with two attached hydrogens (primary N) is 1. The third kappa shape index (κ3) is 3.21. The first-order chi connectivity index (χ1) is 12.2. The Labute approximate surface area is 152 Å². The van der Waals surface area contributed by atoms with Gasteiger partial charge in [0, 0.05) is 5.56 Å². The number of ether oxygens (including phenoxy) is 1. The number of aromatic nitrogens is 2. The molecule has 5 nitrogen and oxygen atoms in total. The number of hydrogen-bond donors (Lipinski definition) is 1. The van der Waals surface area contributed by atoms with Gasteiger partial charge in [0.05, 0.1) is 4.47 Å². The Bertz CT molecular complexity index is 1040. The highest BCUT2D eigenvalue weighted by Crippen LogP contribution is 2.31. The Balaban J connectivity index is 1.57. The molecule has 0 saturated heterocycles. The molecule has 6 heteroatoms. The second kappa shape index (κ2) is 6.57. The fourth-order valence-corrected chi connectivity index (χ4v) is 3.17. The number of halogens is 1. The van der Waals surface area contributed by atoms with Gasteiger partial charge in [-0.3, -0.25) is 0 Å². The van der Waals surface area contributed by atoms with Crippen LogP contribution in [0.3, 0.4) is 0 Å². The van der Waals surface area contributed by atoms with E-state index in [9.17, 15) is 0 Å². The maximum atomic E-state index is 5.99. The van der Waals surface area contributed by atoms with E-state index in [1.54, 1.807) is 0 Å². The zero-order valence-electron chi connectivity index (χ0n) is 13.1. The zero-order chi connectivity index (χ0) is 17.2. The molecule has 0 atom stereocenters. The van der Waals surface area contributed by atoms with Crippen LogP contribution >= 0.6 is 15.9 Å². The number of benzene rings is 3. The largest absolute Gasteiger partial charge is 0.488 e. The highest BCUT2D eigenvalue weighted by molar-refractivity contribution is 9.10. The molecule has 1 heterocycles. The van der Waals surface area contributed by atoms with Crippen molar-refractivity contribution < 1.29 is 9.15 Å². The van der Waals surface area contributed by atoms with Crippen molar-refractivity contribution in [3.8, 4) is 17.2 Å². The predicted molar refractivity (Wildman–Crippen MR) is 100 cm³/mol. The van der Waals surface area contributed by atoms with Gasteiger partial charge in [-0.25, -0.2) is 0 Å². The molecule has 4 aromatic rings. The van der Waals surface area contributed by atoms with Gasteiger partial charge >= 0.3 is 6.01 Å². The summed E-state index contributed by atoms with van der Waals surface area (Å²) < 4.78 is 12.0. The standard InChI is InChI=1S/C19H14BrN3O2/c20-16-10-13(18-22-23-19(21)25-18)8-9-17(16)24-11-14-6-3-5-12-4-1-2-7-15(12)14/h1-10H,11H2,(H2,21,23). The molecule has 0 aliphatic rings. The van der Waals surface area contributed by atoms with Gasteiger partial charge in [-0.2, -0.15) is 0 Å². The van der Waals surface area contributed by atoms with Crippen LogP contribution in [0.1, 0.15) is 5.56 Å². The second-order valence-corrected chi connectivity index (χ2v) is 6.37. The fraction of sp³-hybridized carbons (Fsp3) is 0.0526. The highest BCUT2D eigenvalue weighted by Gasteiger charge is 2.10. The van der Waals surface area contributed by atoms with E-state index < -0.39 is 0 Å². The highest BCUT2D eigenvalue weighted by atomic mass is 79.9. The van der Waals surface area contributed by atoms with Gasteiger partial charge < -0.3 is 14.9 Å². The molecule has 0 aliphatic heterocycles. The van der Waals surface area contributed by atoms with Gasteiger partial charge in [0.2, 0.25) is 5.89 Å². The zero-order valence-corrected chi connectivity index (χ0v) is 14.7. The molecule has 0 saturated carbocycles. The number of hydrogen-bond acceptors (Lipinski definition) is 5. The van der Waals surface area contributed by atoms with Crippen LogP contribution in [0.5, 0.6) is 5.75 Å². The van der Waals surface area contributed by atoms with Crippen molar-refractivity contribution in [3.63, 3.8) is 0 Å². The van der Waals surface area contributed by atoms with E-state index in [1.165, 1.54) is 10.8 Å². The maximum absolute atomic E-state index is 5.99. The summed E-state index contributed by atoms with van der Waals surface area (Å²) in [6.45, 7) is 0.479. The van der Waals surface area contributed by atoms with E-state index >= 15 is 0 Å². The summed E-state index contributed by atoms with van der Waals surface area (Å²) in [5, 5.41) is 9.94. The quantitative estimate of drug-likeness (QED) is 0.536. The fourth-order valence-electron chi connectivity index (χ4n) is 2.68. The third-order valence-electron chi connectivity index (χ3n) is 3.88. The number of anilines is 1. The summed E-state index contributed by atoms with van der Waals surface area (Å²) in [7, 11) is 0. The lowest BCUT2D eigenvalue weighted by Gasteiger charge is -2.11. The van der Waals surface area contributed by atoms with Crippen molar-refractivity contribution in [2.45, 2.75) is 6.61 Å². The molecule has 0 fully saturated rings. The minimum Gasteiger partial charge on any atom is -0.488 e. The van der Waals surface area contributed by atoms with Gasteiger partial charge in [0.1, 0.15) is 12.4 Å². The first-order valence-electron chi connectivity index (χ1n) is 7.69. The van der Waals surface area contributed by atoms with E-state index in [0.717, 1.165) is 21.3 Å². The van der Waals surface area contributed by atoms with Gasteiger partial charge in [0.25, 0.3) is 0 Å². The van der Waals surface area contributed by atoms with Crippen molar-refractivity contribution >= 4 is 32.7 Å². The van der Waals surface area contributed by atoms with Gasteiger partial charge in [-0.1, -0.05) is 47.6 Å². The summed E-state index contributed by atoms with van der Waals surface area (Å²) in [6.07, 6.45) is 0. The molecular weight excluding hydrogens is 382 g/mol. The van der Waals surface area contributed by atoms with Crippen molar-refractivity contribution in [1.82, 2.24) is 10.2 Å². The molecular formula is C19H14BrN3O2. The van der Waals surface area contributed by atoms with Crippen LogP contribution in [0, 0.1) is 0 Å². The number of fused-ring (bicyclic) bond motifs is 1. The molecule has 124 valence electrons. The molecule has 2 N–H and O–H groups in total. The first kappa shape index (κ1) is 15.7. The maximum Gasteiger partial charge on any atom is 0.313 e. The normalized spacial score (nSPS) is 10.9. The van der Waals surface area contributed by atoms with Gasteiger partial charge in [0.15, 0.2) is 0 Å². The molecule has 0 aliphatic carbocycles. The minimum absolute atomic E-state index is 0.0439. The van der Waals surface area contributed by atoms with Crippen LogP contribution in [0.25, 0.3) is 22.2 Å². The smallest absolute Gasteiger partial charge is 0.313 e. The molecule has 25 heavy (non-hydrogen) atoms. The van der Waals surface area contributed by atoms with Crippen LogP contribution in [0.2, 0.25) is 0 Å². The van der Waals surface area contributed by atoms with E-state index in [0.29, 0.717) is 12.5 Å². The molecule has 0 radical (unpaired) electrons. The number of rotatable bonds is 4. The van der Waals surface area contributed by atoms with Gasteiger partial charge in [-0.15, -0.1) is 5.10 Å². The lowest BCUT2D eigenvalue weighted by atomic mass is 10.1. The van der Waals surface area contributed by atoms with Crippen LogP contribution in [-0.2, 0) is 6.61 Å². The summed E-state index contributed by atoms with van der Waals surface area (Å²) >= 11 is 3.53. The Morgan fingerprint density at radius 1 is 1.00 bits per heavy atom. The average molecular weight is 396 g/mol. The molecule has 1 aromatic heterocycles. The summed E-state index contributed by atoms with van der Waals surface area (Å²) in [5.74, 6) is 1.11. The Kier molecular flexibility index (Phi) is 4.11. The van der Waals surface area contributed by atoms with E-state index in [-0.39, 0.29) is 6.01 Å². The van der Waals surface area contributed by atoms with Gasteiger partial charge in [-0.05, 0) is 50.5 Å². The summed E-state index contributed by atoms with van der Waals surface area (Å²) in [4.78, 5) is 0. The summed E-state index contributed by atoms with van der Waals surface area (Å²) in [5.41, 5.74) is 7.37. The SMILES string of the molecule is Nc1nnc(-c2ccc(OCc3cccc4ccccc34)c(Br)c2)o1. The van der Waals surface area contributed by atoms with E-state index in [1.807, 2.05) is 36.4 Å². The van der Waals surface area contributed by atoms with Crippen molar-refractivity contribution in [1.29, 1.82) is 0 Å². The molecule has 0 unspecified atom stereocenters. The topological polar surface area (TPSA) is 74.2 Å². The van der Waals surface area contributed by atoms with Crippen LogP contribution in [0.4, 0.5) is 6.01 Å². The average Bonchev–Trinajstić information content (AvgIpc) is 3.07. The number of nitrogen functional groups attached to an aromatic ring is 1. The molecule has 3 aromatic carbocycles. The van der Waals surface area contributed by atoms with Crippen molar-refractivity contribution in [2.24, 2.45) is 0 Å². The molecule has 0 bridgehead atoms. The third-order valence-corrected chi connectivity index (χ3v) is 4.50. The molecule has 4 rings (SSSR count). The second-order valence-electron chi connectivity index (χ2n) is 5.52. The minimum atomic E-state index is 0.0439.